The minimum absolute atomic E-state index is 0.0708. The zero-order valence-corrected chi connectivity index (χ0v) is 15.0. The quantitative estimate of drug-likeness (QED) is 0.669. The molecular weight excluding hydrogens is 372 g/mol. The van der Waals surface area contributed by atoms with E-state index in [-0.39, 0.29) is 17.3 Å². The van der Waals surface area contributed by atoms with Crippen LogP contribution < -0.4 is 4.74 Å². The van der Waals surface area contributed by atoms with Crippen molar-refractivity contribution in [3.05, 3.63) is 28.2 Å². The summed E-state index contributed by atoms with van der Waals surface area (Å²) in [5.41, 5.74) is 0.757. The van der Waals surface area contributed by atoms with Crippen molar-refractivity contribution >= 4 is 31.9 Å². The second-order valence-corrected chi connectivity index (χ2v) is 7.64. The summed E-state index contributed by atoms with van der Waals surface area (Å²) in [5, 5.41) is 0.777. The molecule has 1 aromatic carbocycles. The second-order valence-electron chi connectivity index (χ2n) is 6.16. The standard InChI is InChI=1S/C15H20Br2O2/c1-14(2)8-13(15(3,4)19-14)18-12-6-5-11(17)7-10(12)9-16/h5-7,13H,8-9H2,1-4H3. The van der Waals surface area contributed by atoms with Crippen molar-refractivity contribution < 1.29 is 9.47 Å². The Balaban J connectivity index is 2.22. The summed E-state index contributed by atoms with van der Waals surface area (Å²) >= 11 is 7.00. The largest absolute Gasteiger partial charge is 0.487 e. The molecule has 0 amide bonds. The molecule has 1 aromatic rings. The number of alkyl halides is 1. The van der Waals surface area contributed by atoms with Crippen LogP contribution in [0.4, 0.5) is 0 Å². The van der Waals surface area contributed by atoms with Gasteiger partial charge in [0.1, 0.15) is 17.5 Å². The maximum atomic E-state index is 6.23. The van der Waals surface area contributed by atoms with E-state index in [1.807, 2.05) is 12.1 Å². The molecule has 1 heterocycles. The van der Waals surface area contributed by atoms with Gasteiger partial charge in [-0.25, -0.2) is 0 Å². The highest BCUT2D eigenvalue weighted by molar-refractivity contribution is 9.10. The van der Waals surface area contributed by atoms with Gasteiger partial charge in [0.2, 0.25) is 0 Å². The minimum Gasteiger partial charge on any atom is -0.487 e. The van der Waals surface area contributed by atoms with Gasteiger partial charge in [0.15, 0.2) is 0 Å². The fourth-order valence-corrected chi connectivity index (χ4v) is 3.46. The third-order valence-electron chi connectivity index (χ3n) is 3.43. The molecule has 1 saturated heterocycles. The molecular formula is C15H20Br2O2. The number of hydrogen-bond donors (Lipinski definition) is 0. The Labute approximate surface area is 132 Å². The number of rotatable bonds is 3. The highest BCUT2D eigenvalue weighted by atomic mass is 79.9. The lowest BCUT2D eigenvalue weighted by Gasteiger charge is -2.28. The predicted octanol–water partition coefficient (Wildman–Crippen LogP) is 5.07. The monoisotopic (exact) mass is 390 g/mol. The molecule has 1 aliphatic heterocycles. The van der Waals surface area contributed by atoms with Gasteiger partial charge in [-0.3, -0.25) is 0 Å². The van der Waals surface area contributed by atoms with Crippen LogP contribution in [0.5, 0.6) is 5.75 Å². The lowest BCUT2D eigenvalue weighted by atomic mass is 9.97. The third kappa shape index (κ3) is 3.53. The summed E-state index contributed by atoms with van der Waals surface area (Å²) in [7, 11) is 0. The first-order valence-corrected chi connectivity index (χ1v) is 8.36. The normalized spacial score (nSPS) is 24.4. The Bertz CT molecular complexity index is 469. The smallest absolute Gasteiger partial charge is 0.130 e. The number of ether oxygens (including phenoxy) is 2. The van der Waals surface area contributed by atoms with Crippen molar-refractivity contribution in [2.45, 2.75) is 56.8 Å². The van der Waals surface area contributed by atoms with Crippen LogP contribution >= 0.6 is 31.9 Å². The van der Waals surface area contributed by atoms with E-state index >= 15 is 0 Å². The molecule has 1 aliphatic rings. The molecule has 19 heavy (non-hydrogen) atoms. The van der Waals surface area contributed by atoms with E-state index < -0.39 is 0 Å². The van der Waals surface area contributed by atoms with Gasteiger partial charge < -0.3 is 9.47 Å². The van der Waals surface area contributed by atoms with Gasteiger partial charge >= 0.3 is 0 Å². The zero-order valence-electron chi connectivity index (χ0n) is 11.8. The lowest BCUT2D eigenvalue weighted by Crippen LogP contribution is -2.36. The Morgan fingerprint density at radius 2 is 2.00 bits per heavy atom. The van der Waals surface area contributed by atoms with Crippen LogP contribution in [0.3, 0.4) is 0 Å². The van der Waals surface area contributed by atoms with Gasteiger partial charge in [0, 0.05) is 21.8 Å². The molecule has 2 nitrogen and oxygen atoms in total. The number of halogens is 2. The molecule has 1 unspecified atom stereocenters. The van der Waals surface area contributed by atoms with Crippen molar-refractivity contribution in [2.75, 3.05) is 0 Å². The van der Waals surface area contributed by atoms with E-state index in [1.54, 1.807) is 0 Å². The lowest BCUT2D eigenvalue weighted by molar-refractivity contribution is -0.0846. The van der Waals surface area contributed by atoms with Crippen molar-refractivity contribution in [2.24, 2.45) is 0 Å². The summed E-state index contributed by atoms with van der Waals surface area (Å²) in [5.74, 6) is 0.930. The molecule has 0 aromatic heterocycles. The Kier molecular flexibility index (Phi) is 4.34. The third-order valence-corrected chi connectivity index (χ3v) is 4.52. The van der Waals surface area contributed by atoms with Crippen LogP contribution in [-0.4, -0.2) is 17.3 Å². The van der Waals surface area contributed by atoms with Crippen LogP contribution in [0, 0.1) is 0 Å². The zero-order chi connectivity index (χ0) is 14.3. The van der Waals surface area contributed by atoms with Crippen LogP contribution in [0.15, 0.2) is 22.7 Å². The first-order chi connectivity index (χ1) is 8.73. The molecule has 1 fully saturated rings. The average Bonchev–Trinajstić information content (AvgIpc) is 2.49. The van der Waals surface area contributed by atoms with Gasteiger partial charge in [0.25, 0.3) is 0 Å². The molecule has 106 valence electrons. The molecule has 0 N–H and O–H groups in total. The Morgan fingerprint density at radius 1 is 1.32 bits per heavy atom. The second kappa shape index (κ2) is 5.38. The summed E-state index contributed by atoms with van der Waals surface area (Å²) in [4.78, 5) is 0. The van der Waals surface area contributed by atoms with Gasteiger partial charge in [-0.2, -0.15) is 0 Å². The molecule has 1 atom stereocenters. The summed E-state index contributed by atoms with van der Waals surface area (Å²) < 4.78 is 13.4. The molecule has 4 heteroatoms. The average molecular weight is 392 g/mol. The molecule has 0 aliphatic carbocycles. The van der Waals surface area contributed by atoms with E-state index in [4.69, 9.17) is 9.47 Å². The van der Waals surface area contributed by atoms with E-state index in [9.17, 15) is 0 Å². The van der Waals surface area contributed by atoms with E-state index in [0.717, 1.165) is 27.5 Å². The van der Waals surface area contributed by atoms with Gasteiger partial charge in [0.05, 0.1) is 5.60 Å². The number of benzene rings is 1. The highest BCUT2D eigenvalue weighted by Crippen LogP contribution is 2.40. The van der Waals surface area contributed by atoms with Gasteiger partial charge in [-0.1, -0.05) is 31.9 Å². The van der Waals surface area contributed by atoms with Gasteiger partial charge in [-0.15, -0.1) is 0 Å². The predicted molar refractivity (Wildman–Crippen MR) is 85.0 cm³/mol. The van der Waals surface area contributed by atoms with Crippen LogP contribution in [0.1, 0.15) is 39.7 Å². The van der Waals surface area contributed by atoms with Crippen molar-refractivity contribution in [3.8, 4) is 5.75 Å². The number of hydrogen-bond acceptors (Lipinski definition) is 2. The first-order valence-electron chi connectivity index (χ1n) is 6.45. The van der Waals surface area contributed by atoms with Crippen LogP contribution in [0.2, 0.25) is 0 Å². The highest BCUT2D eigenvalue weighted by Gasteiger charge is 2.47. The maximum Gasteiger partial charge on any atom is 0.130 e. The van der Waals surface area contributed by atoms with E-state index in [0.29, 0.717) is 0 Å². The molecule has 2 rings (SSSR count). The first kappa shape index (κ1) is 15.3. The van der Waals surface area contributed by atoms with Crippen molar-refractivity contribution in [1.29, 1.82) is 0 Å². The van der Waals surface area contributed by atoms with Crippen LogP contribution in [-0.2, 0) is 10.1 Å². The van der Waals surface area contributed by atoms with Crippen molar-refractivity contribution in [3.63, 3.8) is 0 Å². The fourth-order valence-electron chi connectivity index (χ4n) is 2.62. The summed E-state index contributed by atoms with van der Waals surface area (Å²) in [6, 6.07) is 6.11. The minimum atomic E-state index is -0.264. The summed E-state index contributed by atoms with van der Waals surface area (Å²) in [6.07, 6.45) is 0.971. The molecule has 0 bridgehead atoms. The SMILES string of the molecule is CC1(C)CC(Oc2ccc(Br)cc2CBr)C(C)(C)O1. The van der Waals surface area contributed by atoms with Crippen molar-refractivity contribution in [1.82, 2.24) is 0 Å². The van der Waals surface area contributed by atoms with E-state index in [2.05, 4.69) is 65.6 Å². The van der Waals surface area contributed by atoms with E-state index in [1.165, 1.54) is 0 Å². The Hall–Kier alpha value is -0.0600. The topological polar surface area (TPSA) is 18.5 Å². The Morgan fingerprint density at radius 3 is 2.53 bits per heavy atom. The molecule has 0 spiro atoms. The molecule has 0 radical (unpaired) electrons. The summed E-state index contributed by atoms with van der Waals surface area (Å²) in [6.45, 7) is 8.42. The van der Waals surface area contributed by atoms with Gasteiger partial charge in [-0.05, 0) is 45.9 Å². The van der Waals surface area contributed by atoms with Crippen LogP contribution in [0.25, 0.3) is 0 Å². The maximum absolute atomic E-state index is 6.23. The fraction of sp³-hybridized carbons (Fsp3) is 0.600. The molecule has 0 saturated carbocycles.